The molecule has 11 heavy (non-hydrogen) atoms. The minimum Gasteiger partial charge on any atom is -0.335 e. The molecule has 0 aromatic heterocycles. The molecule has 0 heterocycles. The third-order valence-electron chi connectivity index (χ3n) is 1.35. The highest BCUT2D eigenvalue weighted by Gasteiger charge is 2.08. The highest BCUT2D eigenvalue weighted by atomic mass is 16.2. The van der Waals surface area contributed by atoms with Crippen molar-refractivity contribution in [2.45, 2.75) is 6.32 Å². The monoisotopic (exact) mass is 156 g/mol. The van der Waals surface area contributed by atoms with Gasteiger partial charge in [-0.3, -0.25) is 4.79 Å². The highest BCUT2D eigenvalue weighted by Crippen LogP contribution is 1.89. The van der Waals surface area contributed by atoms with E-state index in [1.807, 2.05) is 0 Å². The second-order valence-corrected chi connectivity index (χ2v) is 2.15. The minimum atomic E-state index is -0.0254. The average Bonchev–Trinajstić information content (AvgIpc) is 2.03. The van der Waals surface area contributed by atoms with Crippen molar-refractivity contribution in [2.24, 2.45) is 5.73 Å². The van der Waals surface area contributed by atoms with Crippen molar-refractivity contribution in [2.75, 3.05) is 19.6 Å². The van der Waals surface area contributed by atoms with E-state index >= 15 is 0 Å². The fourth-order valence-corrected chi connectivity index (χ4v) is 0.787. The molecular formula is C6H13BN2O2. The van der Waals surface area contributed by atoms with Crippen LogP contribution in [0.5, 0.6) is 0 Å². The largest absolute Gasteiger partial charge is 0.335 e. The Kier molecular flexibility index (Phi) is 5.46. The lowest BCUT2D eigenvalue weighted by Crippen LogP contribution is -2.36. The summed E-state index contributed by atoms with van der Waals surface area (Å²) in [6.45, 7) is 1.02. The van der Waals surface area contributed by atoms with Crippen LogP contribution in [-0.2, 0) is 9.59 Å². The number of rotatable bonds is 5. The lowest BCUT2D eigenvalue weighted by molar-refractivity contribution is -0.130. The van der Waals surface area contributed by atoms with Crippen LogP contribution >= 0.6 is 0 Å². The van der Waals surface area contributed by atoms with Gasteiger partial charge in [0.1, 0.15) is 14.1 Å². The number of hydrogen-bond donors (Lipinski definition) is 1. The van der Waals surface area contributed by atoms with Crippen LogP contribution in [0.1, 0.15) is 0 Å². The van der Waals surface area contributed by atoms with Gasteiger partial charge in [0.05, 0.1) is 6.54 Å². The predicted molar refractivity (Wildman–Crippen MR) is 45.0 cm³/mol. The summed E-state index contributed by atoms with van der Waals surface area (Å²) in [7, 11) is 1.76. The standard InChI is InChI=1S/C6H13BN2O2/c7-5-6(11)9(2-1-8)3-4-10/h4H,1-3,5,7-8H2. The molecule has 1 amide bonds. The van der Waals surface area contributed by atoms with E-state index in [1.165, 1.54) is 4.90 Å². The molecule has 2 N–H and O–H groups in total. The number of aldehydes is 1. The Morgan fingerprint density at radius 2 is 2.27 bits per heavy atom. The normalized spacial score (nSPS) is 9.18. The van der Waals surface area contributed by atoms with Gasteiger partial charge < -0.3 is 15.4 Å². The summed E-state index contributed by atoms with van der Waals surface area (Å²) < 4.78 is 0. The van der Waals surface area contributed by atoms with Gasteiger partial charge in [-0.1, -0.05) is 0 Å². The molecule has 0 aliphatic rings. The first kappa shape index (κ1) is 10.2. The molecule has 0 saturated heterocycles. The van der Waals surface area contributed by atoms with E-state index in [2.05, 4.69) is 0 Å². The predicted octanol–water partition coefficient (Wildman–Crippen LogP) is -1.98. The van der Waals surface area contributed by atoms with Crippen molar-refractivity contribution in [1.82, 2.24) is 4.90 Å². The van der Waals surface area contributed by atoms with Crippen molar-refractivity contribution in [3.63, 3.8) is 0 Å². The van der Waals surface area contributed by atoms with E-state index in [0.717, 1.165) is 0 Å². The Hall–Kier alpha value is -0.835. The van der Waals surface area contributed by atoms with Gasteiger partial charge >= 0.3 is 0 Å². The molecular weight excluding hydrogens is 143 g/mol. The number of carbonyl (C=O) groups excluding carboxylic acids is 2. The molecule has 0 fully saturated rings. The number of nitrogens with two attached hydrogens (primary N) is 1. The lowest BCUT2D eigenvalue weighted by atomic mass is 10.0. The highest BCUT2D eigenvalue weighted by molar-refractivity contribution is 6.19. The van der Waals surface area contributed by atoms with Crippen molar-refractivity contribution in [3.05, 3.63) is 0 Å². The maximum absolute atomic E-state index is 11.0. The van der Waals surface area contributed by atoms with Crippen LogP contribution in [0.4, 0.5) is 0 Å². The van der Waals surface area contributed by atoms with Gasteiger partial charge in [0.25, 0.3) is 0 Å². The lowest BCUT2D eigenvalue weighted by Gasteiger charge is -2.17. The summed E-state index contributed by atoms with van der Waals surface area (Å²) >= 11 is 0. The van der Waals surface area contributed by atoms with E-state index in [0.29, 0.717) is 25.7 Å². The van der Waals surface area contributed by atoms with E-state index in [9.17, 15) is 9.59 Å². The molecule has 62 valence electrons. The molecule has 0 atom stereocenters. The van der Waals surface area contributed by atoms with Crippen molar-refractivity contribution in [1.29, 1.82) is 0 Å². The van der Waals surface area contributed by atoms with Gasteiger partial charge in [-0.15, -0.1) is 0 Å². The first-order valence-electron chi connectivity index (χ1n) is 3.67. The summed E-state index contributed by atoms with van der Waals surface area (Å²) in [6.07, 6.45) is 1.14. The Bertz CT molecular complexity index is 141. The van der Waals surface area contributed by atoms with Crippen molar-refractivity contribution >= 4 is 20.0 Å². The number of amides is 1. The molecule has 4 nitrogen and oxygen atoms in total. The summed E-state index contributed by atoms with van der Waals surface area (Å²) in [5.74, 6) is -0.0254. The maximum atomic E-state index is 11.0. The van der Waals surface area contributed by atoms with Crippen LogP contribution in [0.3, 0.4) is 0 Å². The molecule has 0 spiro atoms. The molecule has 0 saturated carbocycles. The zero-order valence-electron chi connectivity index (χ0n) is 6.75. The first-order chi connectivity index (χ1) is 5.26. The van der Waals surface area contributed by atoms with E-state index in [-0.39, 0.29) is 12.5 Å². The van der Waals surface area contributed by atoms with E-state index in [1.54, 1.807) is 7.85 Å². The second kappa shape index (κ2) is 5.91. The number of hydrogen-bond acceptors (Lipinski definition) is 3. The van der Waals surface area contributed by atoms with Crippen LogP contribution in [-0.4, -0.2) is 44.6 Å². The zero-order valence-corrected chi connectivity index (χ0v) is 6.75. The van der Waals surface area contributed by atoms with Gasteiger partial charge in [0.2, 0.25) is 5.91 Å². The number of nitrogens with zero attached hydrogens (tertiary/aromatic N) is 1. The average molecular weight is 156 g/mol. The van der Waals surface area contributed by atoms with Gasteiger partial charge in [-0.25, -0.2) is 0 Å². The minimum absolute atomic E-state index is 0.0254. The summed E-state index contributed by atoms with van der Waals surface area (Å²) in [5.41, 5.74) is 5.24. The topological polar surface area (TPSA) is 63.4 Å². The van der Waals surface area contributed by atoms with Crippen LogP contribution in [0.15, 0.2) is 0 Å². The smallest absolute Gasteiger partial charge is 0.215 e. The Labute approximate surface area is 67.1 Å². The molecule has 0 aromatic rings. The Morgan fingerprint density at radius 3 is 2.64 bits per heavy atom. The molecule has 5 heteroatoms. The van der Waals surface area contributed by atoms with E-state index in [4.69, 9.17) is 5.73 Å². The van der Waals surface area contributed by atoms with Crippen LogP contribution in [0.25, 0.3) is 0 Å². The SMILES string of the molecule is BCC(=O)N(CC=O)CCN. The summed E-state index contributed by atoms with van der Waals surface area (Å²) in [4.78, 5) is 22.5. The second-order valence-electron chi connectivity index (χ2n) is 2.15. The Balaban J connectivity index is 3.86. The van der Waals surface area contributed by atoms with Crippen LogP contribution < -0.4 is 5.73 Å². The quantitative estimate of drug-likeness (QED) is 0.370. The molecule has 0 unspecified atom stereocenters. The fraction of sp³-hybridized carbons (Fsp3) is 0.667. The first-order valence-corrected chi connectivity index (χ1v) is 3.67. The number of carbonyl (C=O) groups is 2. The van der Waals surface area contributed by atoms with Gasteiger partial charge in [-0.05, 0) is 6.32 Å². The zero-order chi connectivity index (χ0) is 8.69. The molecule has 0 aromatic carbocycles. The van der Waals surface area contributed by atoms with Gasteiger partial charge in [-0.2, -0.15) is 0 Å². The third kappa shape index (κ3) is 3.77. The summed E-state index contributed by atoms with van der Waals surface area (Å²) in [6, 6.07) is 0. The molecule has 0 aliphatic carbocycles. The van der Waals surface area contributed by atoms with Gasteiger partial charge in [0.15, 0.2) is 0 Å². The van der Waals surface area contributed by atoms with Crippen molar-refractivity contribution < 1.29 is 9.59 Å². The fourth-order valence-electron chi connectivity index (χ4n) is 0.787. The van der Waals surface area contributed by atoms with Crippen LogP contribution in [0.2, 0.25) is 6.32 Å². The molecule has 0 radical (unpaired) electrons. The molecule has 0 aliphatic heterocycles. The van der Waals surface area contributed by atoms with E-state index < -0.39 is 0 Å². The molecule has 0 bridgehead atoms. The molecule has 0 rings (SSSR count). The van der Waals surface area contributed by atoms with Gasteiger partial charge in [0, 0.05) is 13.1 Å². The Morgan fingerprint density at radius 1 is 1.64 bits per heavy atom. The van der Waals surface area contributed by atoms with Crippen LogP contribution in [0, 0.1) is 0 Å². The summed E-state index contributed by atoms with van der Waals surface area (Å²) in [5, 5.41) is 0. The third-order valence-corrected chi connectivity index (χ3v) is 1.35. The maximum Gasteiger partial charge on any atom is 0.215 e. The van der Waals surface area contributed by atoms with Crippen molar-refractivity contribution in [3.8, 4) is 0 Å².